The van der Waals surface area contributed by atoms with Crippen molar-refractivity contribution in [3.8, 4) is 0 Å². The van der Waals surface area contributed by atoms with Crippen LogP contribution in [0.3, 0.4) is 0 Å². The number of hydrogen-bond donors (Lipinski definition) is 2. The third-order valence-electron chi connectivity index (χ3n) is 2.60. The summed E-state index contributed by atoms with van der Waals surface area (Å²) >= 11 is 5.76. The number of aromatic nitrogens is 2. The number of aromatic amines is 1. The minimum Gasteiger partial charge on any atom is -0.368 e. The average Bonchev–Trinajstić information content (AvgIpc) is 2.85. The van der Waals surface area contributed by atoms with Crippen molar-refractivity contribution in [3.63, 3.8) is 0 Å². The first kappa shape index (κ1) is 9.52. The van der Waals surface area contributed by atoms with Gasteiger partial charge in [-0.15, -0.1) is 0 Å². The molecule has 0 radical (unpaired) electrons. The zero-order valence-corrected chi connectivity index (χ0v) is 8.64. The molecule has 1 fully saturated rings. The maximum Gasteiger partial charge on any atom is 0.271 e. The van der Waals surface area contributed by atoms with Crippen molar-refractivity contribution in [2.75, 3.05) is 11.9 Å². The molecular formula is C9H12ClN3O. The predicted octanol–water partition coefficient (Wildman–Crippen LogP) is 1.49. The Labute approximate surface area is 86.7 Å². The van der Waals surface area contributed by atoms with Crippen LogP contribution in [0.5, 0.6) is 0 Å². The maximum atomic E-state index is 11.1. The number of nitrogens with zero attached hydrogens (tertiary/aromatic N) is 1. The normalized spacial score (nSPS) is 24.7. The molecule has 1 aromatic heterocycles. The van der Waals surface area contributed by atoms with Gasteiger partial charge in [0.1, 0.15) is 5.02 Å². The Bertz CT molecular complexity index is 390. The van der Waals surface area contributed by atoms with Gasteiger partial charge in [-0.3, -0.25) is 4.79 Å². The second-order valence-corrected chi connectivity index (χ2v) is 4.13. The van der Waals surface area contributed by atoms with E-state index in [1.54, 1.807) is 0 Å². The van der Waals surface area contributed by atoms with Crippen LogP contribution in [0.4, 0.5) is 5.82 Å². The lowest BCUT2D eigenvalue weighted by molar-refractivity contribution is 0.783. The third-order valence-corrected chi connectivity index (χ3v) is 2.96. The van der Waals surface area contributed by atoms with Crippen LogP contribution < -0.4 is 10.9 Å². The van der Waals surface area contributed by atoms with Crippen molar-refractivity contribution in [3.05, 3.63) is 21.7 Å². The van der Waals surface area contributed by atoms with E-state index >= 15 is 0 Å². The molecule has 0 aliphatic heterocycles. The molecule has 0 amide bonds. The number of anilines is 1. The van der Waals surface area contributed by atoms with E-state index in [-0.39, 0.29) is 10.6 Å². The van der Waals surface area contributed by atoms with Crippen LogP contribution in [-0.2, 0) is 0 Å². The van der Waals surface area contributed by atoms with Crippen LogP contribution in [0.15, 0.2) is 11.1 Å². The Morgan fingerprint density at radius 1 is 1.79 bits per heavy atom. The molecular weight excluding hydrogens is 202 g/mol. The van der Waals surface area contributed by atoms with E-state index in [1.165, 1.54) is 12.7 Å². The fraction of sp³-hybridized carbons (Fsp3) is 0.556. The highest BCUT2D eigenvalue weighted by atomic mass is 35.5. The minimum atomic E-state index is -0.298. The monoisotopic (exact) mass is 213 g/mol. The molecule has 2 atom stereocenters. The molecule has 1 heterocycles. The molecule has 0 spiro atoms. The molecule has 0 bridgehead atoms. The second kappa shape index (κ2) is 3.61. The summed E-state index contributed by atoms with van der Waals surface area (Å²) in [5.74, 6) is 1.96. The highest BCUT2D eigenvalue weighted by molar-refractivity contribution is 6.32. The van der Waals surface area contributed by atoms with Crippen LogP contribution in [0, 0.1) is 11.8 Å². The molecule has 1 saturated carbocycles. The highest BCUT2D eigenvalue weighted by Gasteiger charge is 2.32. The van der Waals surface area contributed by atoms with Crippen molar-refractivity contribution >= 4 is 17.4 Å². The Hall–Kier alpha value is -1.03. The SMILES string of the molecule is CC1CC1CNc1nc[nH]c(=O)c1Cl. The summed E-state index contributed by atoms with van der Waals surface area (Å²) in [4.78, 5) is 17.5. The van der Waals surface area contributed by atoms with Gasteiger partial charge in [0.2, 0.25) is 0 Å². The lowest BCUT2D eigenvalue weighted by Crippen LogP contribution is -2.13. The Balaban J connectivity index is 2.02. The van der Waals surface area contributed by atoms with Gasteiger partial charge in [-0.25, -0.2) is 4.98 Å². The Kier molecular flexibility index (Phi) is 2.46. The van der Waals surface area contributed by atoms with Gasteiger partial charge in [-0.05, 0) is 18.3 Å². The molecule has 1 aliphatic carbocycles. The van der Waals surface area contributed by atoms with E-state index in [1.807, 2.05) is 0 Å². The summed E-state index contributed by atoms with van der Waals surface area (Å²) < 4.78 is 0. The molecule has 1 aliphatic rings. The Morgan fingerprint density at radius 2 is 2.50 bits per heavy atom. The van der Waals surface area contributed by atoms with Crippen molar-refractivity contribution in [1.82, 2.24) is 9.97 Å². The van der Waals surface area contributed by atoms with E-state index in [0.717, 1.165) is 12.5 Å². The first-order chi connectivity index (χ1) is 6.68. The summed E-state index contributed by atoms with van der Waals surface area (Å²) in [5.41, 5.74) is -0.298. The van der Waals surface area contributed by atoms with Gasteiger partial charge < -0.3 is 10.3 Å². The first-order valence-electron chi connectivity index (χ1n) is 4.65. The van der Waals surface area contributed by atoms with Crippen molar-refractivity contribution in [2.45, 2.75) is 13.3 Å². The van der Waals surface area contributed by atoms with Gasteiger partial charge in [-0.1, -0.05) is 18.5 Å². The Morgan fingerprint density at radius 3 is 3.14 bits per heavy atom. The zero-order chi connectivity index (χ0) is 10.1. The standard InChI is InChI=1S/C9H12ClN3O/c1-5-2-6(5)3-11-8-7(10)9(14)13-4-12-8/h4-6H,2-3H2,1H3,(H2,11,12,13,14). The molecule has 0 aromatic carbocycles. The maximum absolute atomic E-state index is 11.1. The zero-order valence-electron chi connectivity index (χ0n) is 7.88. The van der Waals surface area contributed by atoms with E-state index in [9.17, 15) is 4.79 Å². The average molecular weight is 214 g/mol. The molecule has 14 heavy (non-hydrogen) atoms. The summed E-state index contributed by atoms with van der Waals surface area (Å²) in [6.07, 6.45) is 2.60. The number of halogens is 1. The molecule has 2 rings (SSSR count). The van der Waals surface area contributed by atoms with Crippen molar-refractivity contribution in [2.24, 2.45) is 11.8 Å². The molecule has 2 unspecified atom stereocenters. The summed E-state index contributed by atoms with van der Waals surface area (Å²) in [7, 11) is 0. The van der Waals surface area contributed by atoms with E-state index in [4.69, 9.17) is 11.6 Å². The fourth-order valence-electron chi connectivity index (χ4n) is 1.42. The first-order valence-corrected chi connectivity index (χ1v) is 5.03. The number of nitrogens with one attached hydrogen (secondary N) is 2. The lowest BCUT2D eigenvalue weighted by atomic mass is 10.3. The second-order valence-electron chi connectivity index (χ2n) is 3.75. The van der Waals surface area contributed by atoms with Gasteiger partial charge in [0.15, 0.2) is 5.82 Å². The van der Waals surface area contributed by atoms with E-state index in [0.29, 0.717) is 11.7 Å². The molecule has 0 saturated heterocycles. The predicted molar refractivity (Wildman–Crippen MR) is 55.6 cm³/mol. The number of hydrogen-bond acceptors (Lipinski definition) is 3. The van der Waals surface area contributed by atoms with E-state index < -0.39 is 0 Å². The van der Waals surface area contributed by atoms with Crippen LogP contribution in [0.2, 0.25) is 5.02 Å². The topological polar surface area (TPSA) is 57.8 Å². The smallest absolute Gasteiger partial charge is 0.271 e. The molecule has 1 aromatic rings. The van der Waals surface area contributed by atoms with Crippen molar-refractivity contribution in [1.29, 1.82) is 0 Å². The molecule has 4 nitrogen and oxygen atoms in total. The highest BCUT2D eigenvalue weighted by Crippen LogP contribution is 2.37. The van der Waals surface area contributed by atoms with Crippen LogP contribution >= 0.6 is 11.6 Å². The van der Waals surface area contributed by atoms with Gasteiger partial charge in [0, 0.05) is 6.54 Å². The van der Waals surface area contributed by atoms with Gasteiger partial charge in [0.05, 0.1) is 6.33 Å². The molecule has 2 N–H and O–H groups in total. The summed E-state index contributed by atoms with van der Waals surface area (Å²) in [6, 6.07) is 0. The van der Waals surface area contributed by atoms with Crippen LogP contribution in [0.25, 0.3) is 0 Å². The minimum absolute atomic E-state index is 0.140. The fourth-order valence-corrected chi connectivity index (χ4v) is 1.59. The number of rotatable bonds is 3. The van der Waals surface area contributed by atoms with Gasteiger partial charge in [-0.2, -0.15) is 0 Å². The molecule has 76 valence electrons. The quantitative estimate of drug-likeness (QED) is 0.800. The largest absolute Gasteiger partial charge is 0.368 e. The summed E-state index contributed by atoms with van der Waals surface area (Å²) in [5, 5.41) is 3.22. The third kappa shape index (κ3) is 1.90. The van der Waals surface area contributed by atoms with Crippen LogP contribution in [0.1, 0.15) is 13.3 Å². The van der Waals surface area contributed by atoms with Crippen LogP contribution in [-0.4, -0.2) is 16.5 Å². The van der Waals surface area contributed by atoms with Gasteiger partial charge in [0.25, 0.3) is 5.56 Å². The van der Waals surface area contributed by atoms with E-state index in [2.05, 4.69) is 22.2 Å². The summed E-state index contributed by atoms with van der Waals surface area (Å²) in [6.45, 7) is 3.05. The van der Waals surface area contributed by atoms with Gasteiger partial charge >= 0.3 is 0 Å². The number of H-pyrrole nitrogens is 1. The molecule has 5 heteroatoms. The lowest BCUT2D eigenvalue weighted by Gasteiger charge is -2.04. The van der Waals surface area contributed by atoms with Crippen molar-refractivity contribution < 1.29 is 0 Å².